The number of benzene rings is 1. The SMILES string of the molecule is Cc1c(/C=N/NC(=O)C(=O)NCc2ccco2)c2ccccn2c1C(=O)c1ccc(F)cc1. The predicted molar refractivity (Wildman–Crippen MR) is 118 cm³/mol. The molecule has 4 rings (SSSR count). The Hall–Kier alpha value is -4.53. The van der Waals surface area contributed by atoms with Crippen LogP contribution in [0.25, 0.3) is 5.52 Å². The van der Waals surface area contributed by atoms with Crippen molar-refractivity contribution in [3.8, 4) is 0 Å². The van der Waals surface area contributed by atoms with E-state index in [0.29, 0.717) is 33.7 Å². The van der Waals surface area contributed by atoms with E-state index >= 15 is 0 Å². The molecule has 3 heterocycles. The van der Waals surface area contributed by atoms with E-state index in [4.69, 9.17) is 4.42 Å². The molecule has 2 N–H and O–H groups in total. The normalized spacial score (nSPS) is 11.1. The highest BCUT2D eigenvalue weighted by molar-refractivity contribution is 6.35. The number of hydrogen-bond donors (Lipinski definition) is 2. The van der Waals surface area contributed by atoms with Gasteiger partial charge in [-0.1, -0.05) is 6.07 Å². The van der Waals surface area contributed by atoms with E-state index < -0.39 is 17.6 Å². The predicted octanol–water partition coefficient (Wildman–Crippen LogP) is 2.98. The molecule has 3 aromatic heterocycles. The lowest BCUT2D eigenvalue weighted by atomic mass is 10.0. The first-order chi connectivity index (χ1) is 16.0. The molecule has 33 heavy (non-hydrogen) atoms. The monoisotopic (exact) mass is 446 g/mol. The second-order valence-electron chi connectivity index (χ2n) is 7.14. The van der Waals surface area contributed by atoms with Crippen LogP contribution < -0.4 is 10.7 Å². The molecule has 0 atom stereocenters. The van der Waals surface area contributed by atoms with E-state index in [2.05, 4.69) is 15.8 Å². The van der Waals surface area contributed by atoms with Gasteiger partial charge in [-0.3, -0.25) is 14.4 Å². The summed E-state index contributed by atoms with van der Waals surface area (Å²) in [6, 6.07) is 14.0. The quantitative estimate of drug-likeness (QED) is 0.206. The second-order valence-corrected chi connectivity index (χ2v) is 7.14. The van der Waals surface area contributed by atoms with E-state index in [-0.39, 0.29) is 12.3 Å². The average Bonchev–Trinajstić information content (AvgIpc) is 3.44. The van der Waals surface area contributed by atoms with Gasteiger partial charge >= 0.3 is 11.8 Å². The summed E-state index contributed by atoms with van der Waals surface area (Å²) < 4.78 is 20.1. The van der Waals surface area contributed by atoms with Crippen LogP contribution in [0.5, 0.6) is 0 Å². The summed E-state index contributed by atoms with van der Waals surface area (Å²) in [6.07, 6.45) is 4.58. The van der Waals surface area contributed by atoms with Gasteiger partial charge < -0.3 is 14.1 Å². The van der Waals surface area contributed by atoms with Gasteiger partial charge in [-0.15, -0.1) is 0 Å². The molecule has 166 valence electrons. The Balaban J connectivity index is 1.54. The van der Waals surface area contributed by atoms with E-state index in [1.54, 1.807) is 47.9 Å². The lowest BCUT2D eigenvalue weighted by molar-refractivity contribution is -0.139. The summed E-state index contributed by atoms with van der Waals surface area (Å²) >= 11 is 0. The molecule has 4 aromatic rings. The summed E-state index contributed by atoms with van der Waals surface area (Å²) in [4.78, 5) is 37.1. The number of pyridine rings is 1. The van der Waals surface area contributed by atoms with Crippen LogP contribution >= 0.6 is 0 Å². The van der Waals surface area contributed by atoms with E-state index in [1.165, 1.54) is 36.7 Å². The van der Waals surface area contributed by atoms with Crippen molar-refractivity contribution in [2.45, 2.75) is 13.5 Å². The Kier molecular flexibility index (Phi) is 6.12. The first kappa shape index (κ1) is 21.7. The highest BCUT2D eigenvalue weighted by Gasteiger charge is 2.21. The van der Waals surface area contributed by atoms with Crippen LogP contribution in [0, 0.1) is 12.7 Å². The Morgan fingerprint density at radius 3 is 2.58 bits per heavy atom. The van der Waals surface area contributed by atoms with Crippen molar-refractivity contribution in [2.75, 3.05) is 0 Å². The number of halogens is 1. The number of ketones is 1. The molecule has 9 heteroatoms. The number of carbonyl (C=O) groups is 3. The highest BCUT2D eigenvalue weighted by Crippen LogP contribution is 2.24. The minimum Gasteiger partial charge on any atom is -0.467 e. The van der Waals surface area contributed by atoms with Crippen LogP contribution in [0.15, 0.2) is 76.6 Å². The zero-order valence-electron chi connectivity index (χ0n) is 17.5. The zero-order valence-corrected chi connectivity index (χ0v) is 17.5. The number of amides is 2. The highest BCUT2D eigenvalue weighted by atomic mass is 19.1. The zero-order chi connectivity index (χ0) is 23.4. The maximum atomic E-state index is 13.3. The van der Waals surface area contributed by atoms with Crippen molar-refractivity contribution < 1.29 is 23.2 Å². The fourth-order valence-corrected chi connectivity index (χ4v) is 3.41. The van der Waals surface area contributed by atoms with Gasteiger partial charge in [-0.2, -0.15) is 5.10 Å². The van der Waals surface area contributed by atoms with Gasteiger partial charge in [0, 0.05) is 17.3 Å². The minimum atomic E-state index is -0.943. The summed E-state index contributed by atoms with van der Waals surface area (Å²) in [5.74, 6) is -2.01. The van der Waals surface area contributed by atoms with Crippen LogP contribution in [0.4, 0.5) is 4.39 Å². The molecule has 0 saturated heterocycles. The fraction of sp³-hybridized carbons (Fsp3) is 0.0833. The molecule has 0 radical (unpaired) electrons. The minimum absolute atomic E-state index is 0.0705. The summed E-state index contributed by atoms with van der Waals surface area (Å²) in [5, 5.41) is 6.31. The number of hydrogen-bond acceptors (Lipinski definition) is 5. The Morgan fingerprint density at radius 1 is 1.06 bits per heavy atom. The summed E-state index contributed by atoms with van der Waals surface area (Å²) in [6.45, 7) is 1.82. The molecule has 2 amide bonds. The second kappa shape index (κ2) is 9.31. The van der Waals surface area contributed by atoms with E-state index in [9.17, 15) is 18.8 Å². The van der Waals surface area contributed by atoms with Crippen LogP contribution in [0.2, 0.25) is 0 Å². The molecule has 0 saturated carbocycles. The third-order valence-electron chi connectivity index (χ3n) is 5.03. The van der Waals surface area contributed by atoms with Crippen molar-refractivity contribution in [3.63, 3.8) is 0 Å². The standard InChI is InChI=1S/C24H19FN4O4/c1-15-19(14-27-28-24(32)23(31)26-13-18-5-4-12-33-18)20-6-2-3-11-29(20)21(15)22(30)16-7-9-17(25)10-8-16/h2-12,14H,13H2,1H3,(H,26,31)(H,28,32)/b27-14+. The molecule has 8 nitrogen and oxygen atoms in total. The Bertz CT molecular complexity index is 1360. The number of nitrogens with zero attached hydrogens (tertiary/aromatic N) is 2. The van der Waals surface area contributed by atoms with Gasteiger partial charge in [0.05, 0.1) is 30.2 Å². The molecule has 0 aliphatic rings. The number of furan rings is 1. The van der Waals surface area contributed by atoms with Gasteiger partial charge in [0.25, 0.3) is 0 Å². The van der Waals surface area contributed by atoms with E-state index in [0.717, 1.165) is 0 Å². The van der Waals surface area contributed by atoms with Gasteiger partial charge in [0.15, 0.2) is 0 Å². The maximum Gasteiger partial charge on any atom is 0.329 e. The molecule has 0 aliphatic carbocycles. The Morgan fingerprint density at radius 2 is 1.85 bits per heavy atom. The fourth-order valence-electron chi connectivity index (χ4n) is 3.41. The maximum absolute atomic E-state index is 13.3. The van der Waals surface area contributed by atoms with Crippen LogP contribution in [0.3, 0.4) is 0 Å². The number of carbonyl (C=O) groups excluding carboxylic acids is 3. The largest absolute Gasteiger partial charge is 0.467 e. The number of hydrazone groups is 1. The van der Waals surface area contributed by atoms with Crippen molar-refractivity contribution >= 4 is 29.3 Å². The topological polar surface area (TPSA) is 105 Å². The average molecular weight is 446 g/mol. The number of aromatic nitrogens is 1. The van der Waals surface area contributed by atoms with Crippen molar-refractivity contribution in [1.82, 2.24) is 15.1 Å². The Labute approximate surface area is 187 Å². The van der Waals surface area contributed by atoms with Crippen LogP contribution in [-0.4, -0.2) is 28.2 Å². The molecule has 0 bridgehead atoms. The molecule has 0 fully saturated rings. The van der Waals surface area contributed by atoms with Gasteiger partial charge in [0.1, 0.15) is 11.6 Å². The van der Waals surface area contributed by atoms with Crippen LogP contribution in [-0.2, 0) is 16.1 Å². The van der Waals surface area contributed by atoms with Crippen molar-refractivity contribution in [2.24, 2.45) is 5.10 Å². The summed E-state index contributed by atoms with van der Waals surface area (Å²) in [7, 11) is 0. The first-order valence-corrected chi connectivity index (χ1v) is 9.99. The molecular formula is C24H19FN4O4. The lowest BCUT2D eigenvalue weighted by Gasteiger charge is -2.04. The van der Waals surface area contributed by atoms with Gasteiger partial charge in [-0.05, 0) is 61.0 Å². The number of rotatable bonds is 6. The van der Waals surface area contributed by atoms with Gasteiger partial charge in [-0.25, -0.2) is 9.82 Å². The molecule has 0 unspecified atom stereocenters. The molecule has 0 spiro atoms. The molecular weight excluding hydrogens is 427 g/mol. The third-order valence-corrected chi connectivity index (χ3v) is 5.03. The summed E-state index contributed by atoms with van der Waals surface area (Å²) in [5.41, 5.74) is 4.81. The number of fused-ring (bicyclic) bond motifs is 1. The van der Waals surface area contributed by atoms with Crippen molar-refractivity contribution in [3.05, 3.63) is 101 Å². The lowest BCUT2D eigenvalue weighted by Crippen LogP contribution is -2.37. The van der Waals surface area contributed by atoms with Crippen LogP contribution in [0.1, 0.15) is 32.9 Å². The third kappa shape index (κ3) is 4.57. The number of nitrogens with one attached hydrogen (secondary N) is 2. The molecule has 0 aliphatic heterocycles. The van der Waals surface area contributed by atoms with E-state index in [1.807, 2.05) is 0 Å². The van der Waals surface area contributed by atoms with Crippen molar-refractivity contribution in [1.29, 1.82) is 0 Å². The smallest absolute Gasteiger partial charge is 0.329 e. The molecule has 1 aromatic carbocycles. The van der Waals surface area contributed by atoms with Gasteiger partial charge in [0.2, 0.25) is 5.78 Å². The first-order valence-electron chi connectivity index (χ1n) is 9.99.